The monoisotopic (exact) mass is 436 g/mol. The van der Waals surface area contributed by atoms with Gasteiger partial charge in [-0.1, -0.05) is 12.1 Å². The van der Waals surface area contributed by atoms with E-state index in [1.165, 1.54) is 18.9 Å². The van der Waals surface area contributed by atoms with E-state index in [1.54, 1.807) is 63.2 Å². The summed E-state index contributed by atoms with van der Waals surface area (Å²) in [7, 11) is -2.05. The van der Waals surface area contributed by atoms with Crippen LogP contribution in [0.4, 0.5) is 11.4 Å². The van der Waals surface area contributed by atoms with Crippen molar-refractivity contribution in [3.63, 3.8) is 0 Å². The maximum atomic E-state index is 12.8. The smallest absolute Gasteiger partial charge is 0.318 e. The molecule has 7 nitrogen and oxygen atoms in total. The SMILES string of the molecule is CCS(=O)(=O)Nc1ccc(NC(=O)c2ccccc2SC(C)C(=O)OC)cc1C. The lowest BCUT2D eigenvalue weighted by Crippen LogP contribution is -2.17. The van der Waals surface area contributed by atoms with Crippen LogP contribution in [0.25, 0.3) is 0 Å². The van der Waals surface area contributed by atoms with Gasteiger partial charge in [-0.15, -0.1) is 11.8 Å². The van der Waals surface area contributed by atoms with Crippen molar-refractivity contribution in [2.24, 2.45) is 0 Å². The number of aryl methyl sites for hydroxylation is 1. The number of nitrogens with one attached hydrogen (secondary N) is 2. The van der Waals surface area contributed by atoms with Crippen LogP contribution < -0.4 is 10.0 Å². The minimum Gasteiger partial charge on any atom is -0.468 e. The molecule has 2 aromatic carbocycles. The Balaban J connectivity index is 2.19. The Morgan fingerprint density at radius 1 is 1.17 bits per heavy atom. The Morgan fingerprint density at radius 2 is 1.86 bits per heavy atom. The number of anilines is 2. The summed E-state index contributed by atoms with van der Waals surface area (Å²) in [5.74, 6) is -0.721. The Labute approximate surface area is 175 Å². The number of benzene rings is 2. The van der Waals surface area contributed by atoms with E-state index in [0.717, 1.165) is 0 Å². The number of hydrogen-bond acceptors (Lipinski definition) is 6. The van der Waals surface area contributed by atoms with Crippen molar-refractivity contribution in [3.05, 3.63) is 53.6 Å². The number of ether oxygens (including phenoxy) is 1. The minimum atomic E-state index is -3.38. The van der Waals surface area contributed by atoms with Crippen LogP contribution in [0.2, 0.25) is 0 Å². The third-order valence-electron chi connectivity index (χ3n) is 4.10. The van der Waals surface area contributed by atoms with E-state index < -0.39 is 15.3 Å². The molecule has 1 unspecified atom stereocenters. The highest BCUT2D eigenvalue weighted by molar-refractivity contribution is 8.00. The number of carbonyl (C=O) groups excluding carboxylic acids is 2. The molecule has 2 aromatic rings. The summed E-state index contributed by atoms with van der Waals surface area (Å²) in [4.78, 5) is 25.1. The van der Waals surface area contributed by atoms with Gasteiger partial charge in [0.15, 0.2) is 0 Å². The standard InChI is InChI=1S/C20H24N2O5S2/c1-5-29(25,26)22-17-11-10-15(12-13(17)2)21-19(23)16-8-6-7-9-18(16)28-14(3)20(24)27-4/h6-12,14,22H,5H2,1-4H3,(H,21,23). The number of amides is 1. The molecule has 0 spiro atoms. The summed E-state index contributed by atoms with van der Waals surface area (Å²) in [6.07, 6.45) is 0. The van der Waals surface area contributed by atoms with Crippen molar-refractivity contribution in [2.75, 3.05) is 22.9 Å². The predicted molar refractivity (Wildman–Crippen MR) is 116 cm³/mol. The molecule has 0 aliphatic rings. The fourth-order valence-corrected chi connectivity index (χ4v) is 4.18. The molecule has 156 valence electrons. The van der Waals surface area contributed by atoms with Gasteiger partial charge in [-0.2, -0.15) is 0 Å². The maximum absolute atomic E-state index is 12.8. The van der Waals surface area contributed by atoms with Crippen LogP contribution in [-0.4, -0.2) is 38.4 Å². The highest BCUT2D eigenvalue weighted by Gasteiger charge is 2.19. The first kappa shape index (κ1) is 22.8. The van der Waals surface area contributed by atoms with Gasteiger partial charge in [-0.05, 0) is 56.7 Å². The molecule has 2 rings (SSSR count). The molecule has 0 aliphatic carbocycles. The van der Waals surface area contributed by atoms with Crippen molar-refractivity contribution in [1.82, 2.24) is 0 Å². The van der Waals surface area contributed by atoms with Gasteiger partial charge in [-0.3, -0.25) is 14.3 Å². The zero-order chi connectivity index (χ0) is 21.6. The highest BCUT2D eigenvalue weighted by atomic mass is 32.2. The van der Waals surface area contributed by atoms with Crippen molar-refractivity contribution in [3.8, 4) is 0 Å². The first-order valence-electron chi connectivity index (χ1n) is 8.93. The molecule has 0 fully saturated rings. The molecule has 1 atom stereocenters. The molecule has 0 heterocycles. The molecular weight excluding hydrogens is 412 g/mol. The van der Waals surface area contributed by atoms with Gasteiger partial charge >= 0.3 is 5.97 Å². The normalized spacial score (nSPS) is 12.1. The molecule has 0 radical (unpaired) electrons. The molecule has 0 saturated carbocycles. The quantitative estimate of drug-likeness (QED) is 0.484. The molecular formula is C20H24N2O5S2. The molecule has 0 bridgehead atoms. The topological polar surface area (TPSA) is 102 Å². The van der Waals surface area contributed by atoms with E-state index in [4.69, 9.17) is 4.74 Å². The second-order valence-electron chi connectivity index (χ2n) is 6.27. The average Bonchev–Trinajstić information content (AvgIpc) is 2.69. The highest BCUT2D eigenvalue weighted by Crippen LogP contribution is 2.28. The minimum absolute atomic E-state index is 0.0244. The zero-order valence-electron chi connectivity index (χ0n) is 16.7. The average molecular weight is 437 g/mol. The van der Waals surface area contributed by atoms with Crippen molar-refractivity contribution < 1.29 is 22.7 Å². The van der Waals surface area contributed by atoms with Crippen LogP contribution in [-0.2, 0) is 19.6 Å². The molecule has 29 heavy (non-hydrogen) atoms. The van der Waals surface area contributed by atoms with E-state index >= 15 is 0 Å². The van der Waals surface area contributed by atoms with Crippen LogP contribution in [0.1, 0.15) is 29.8 Å². The number of rotatable bonds is 8. The van der Waals surface area contributed by atoms with E-state index in [1.807, 2.05) is 0 Å². The van der Waals surface area contributed by atoms with E-state index in [9.17, 15) is 18.0 Å². The van der Waals surface area contributed by atoms with Gasteiger partial charge in [0.25, 0.3) is 5.91 Å². The Hall–Kier alpha value is -2.52. The van der Waals surface area contributed by atoms with Gasteiger partial charge in [-0.25, -0.2) is 8.42 Å². The van der Waals surface area contributed by atoms with Gasteiger partial charge in [0, 0.05) is 10.6 Å². The number of sulfonamides is 1. The van der Waals surface area contributed by atoms with Gasteiger partial charge in [0.1, 0.15) is 5.25 Å². The van der Waals surface area contributed by atoms with E-state index in [0.29, 0.717) is 27.4 Å². The zero-order valence-corrected chi connectivity index (χ0v) is 18.3. The molecule has 0 aliphatic heterocycles. The molecule has 9 heteroatoms. The lowest BCUT2D eigenvalue weighted by atomic mass is 10.1. The van der Waals surface area contributed by atoms with Gasteiger partial charge < -0.3 is 10.1 Å². The van der Waals surface area contributed by atoms with Crippen LogP contribution in [0.3, 0.4) is 0 Å². The van der Waals surface area contributed by atoms with Crippen molar-refractivity contribution in [2.45, 2.75) is 30.9 Å². The fraction of sp³-hybridized carbons (Fsp3) is 0.300. The fourth-order valence-electron chi connectivity index (χ4n) is 2.46. The molecule has 0 aromatic heterocycles. The van der Waals surface area contributed by atoms with Gasteiger partial charge in [0.05, 0.1) is 24.1 Å². The number of thioether (sulfide) groups is 1. The van der Waals surface area contributed by atoms with Crippen molar-refractivity contribution in [1.29, 1.82) is 0 Å². The number of carbonyl (C=O) groups is 2. The van der Waals surface area contributed by atoms with E-state index in [2.05, 4.69) is 10.0 Å². The molecule has 0 saturated heterocycles. The third kappa shape index (κ3) is 6.23. The first-order chi connectivity index (χ1) is 13.7. The summed E-state index contributed by atoms with van der Waals surface area (Å²) in [6, 6.07) is 11.9. The van der Waals surface area contributed by atoms with Crippen LogP contribution >= 0.6 is 11.8 Å². The Bertz CT molecular complexity index is 1010. The summed E-state index contributed by atoms with van der Waals surface area (Å²) in [5.41, 5.74) is 2.11. The lowest BCUT2D eigenvalue weighted by Gasteiger charge is -2.14. The predicted octanol–water partition coefficient (Wildman–Crippen LogP) is 3.66. The lowest BCUT2D eigenvalue weighted by molar-refractivity contribution is -0.139. The number of methoxy groups -OCH3 is 1. The van der Waals surface area contributed by atoms with Crippen LogP contribution in [0, 0.1) is 6.92 Å². The summed E-state index contributed by atoms with van der Waals surface area (Å²) in [5, 5.41) is 2.36. The number of hydrogen-bond donors (Lipinski definition) is 2. The van der Waals surface area contributed by atoms with Crippen molar-refractivity contribution >= 4 is 45.0 Å². The first-order valence-corrected chi connectivity index (χ1v) is 11.5. The van der Waals surface area contributed by atoms with Crippen LogP contribution in [0.15, 0.2) is 47.4 Å². The third-order valence-corrected chi connectivity index (χ3v) is 6.55. The van der Waals surface area contributed by atoms with E-state index in [-0.39, 0.29) is 17.6 Å². The number of esters is 1. The summed E-state index contributed by atoms with van der Waals surface area (Å²) >= 11 is 1.24. The summed E-state index contributed by atoms with van der Waals surface area (Å²) < 4.78 is 30.7. The second kappa shape index (κ2) is 9.80. The Kier molecular flexibility index (Phi) is 7.69. The second-order valence-corrected chi connectivity index (χ2v) is 9.66. The maximum Gasteiger partial charge on any atom is 0.318 e. The van der Waals surface area contributed by atoms with Gasteiger partial charge in [0.2, 0.25) is 10.0 Å². The van der Waals surface area contributed by atoms with Crippen LogP contribution in [0.5, 0.6) is 0 Å². The Morgan fingerprint density at radius 3 is 2.48 bits per heavy atom. The summed E-state index contributed by atoms with van der Waals surface area (Å²) in [6.45, 7) is 5.03. The molecule has 1 amide bonds. The molecule has 2 N–H and O–H groups in total. The largest absolute Gasteiger partial charge is 0.468 e.